The average Bonchev–Trinajstić information content (AvgIpc) is 2.90. The Morgan fingerprint density at radius 3 is 0.853 bits per heavy atom. The molecule has 0 spiro atoms. The molecule has 3 nitrogen and oxygen atoms in total. The highest BCUT2D eigenvalue weighted by atomic mass is 28.5. The van der Waals surface area contributed by atoms with Gasteiger partial charge in [-0.3, -0.25) is 0 Å². The predicted molar refractivity (Wildman–Crippen MR) is 148 cm³/mol. The number of benzene rings is 4. The molecule has 0 unspecified atom stereocenters. The van der Waals surface area contributed by atoms with Crippen molar-refractivity contribution in [3.63, 3.8) is 0 Å². The second kappa shape index (κ2) is 10.4. The largest absolute Gasteiger partial charge is 0.477 e. The van der Waals surface area contributed by atoms with Gasteiger partial charge in [0.25, 0.3) is 0 Å². The van der Waals surface area contributed by atoms with E-state index in [1.807, 2.05) is 30.8 Å². The van der Waals surface area contributed by atoms with Crippen LogP contribution in [-0.2, 0) is 12.7 Å². The van der Waals surface area contributed by atoms with Crippen LogP contribution in [0, 0.1) is 0 Å². The van der Waals surface area contributed by atoms with Gasteiger partial charge in [0.2, 0.25) is 16.6 Å². The van der Waals surface area contributed by atoms with E-state index in [0.717, 1.165) is 0 Å². The van der Waals surface area contributed by atoms with Crippen LogP contribution in [0.25, 0.3) is 0 Å². The van der Waals surface area contributed by atoms with E-state index >= 15 is 0 Å². The third kappa shape index (κ3) is 5.07. The van der Waals surface area contributed by atoms with Crippen LogP contribution < -0.4 is 20.7 Å². The highest BCUT2D eigenvalue weighted by Gasteiger charge is 2.50. The fourth-order valence-electron chi connectivity index (χ4n) is 4.44. The maximum Gasteiger partial charge on any atom is 0.477 e. The molecule has 0 saturated heterocycles. The Labute approximate surface area is 206 Å². The standard InChI is InChI=1S/C28H32O3Si3/c1-29-34(4,30-32(2,25-17-9-5-10-18-25)26-19-11-6-12-20-26)31-33(3,27-21-13-7-14-22-27)28-23-15-8-16-24-28/h5-24H,1-4H3. The van der Waals surface area contributed by atoms with Crippen molar-refractivity contribution in [2.45, 2.75) is 19.6 Å². The van der Waals surface area contributed by atoms with Gasteiger partial charge in [-0.1, -0.05) is 121 Å². The summed E-state index contributed by atoms with van der Waals surface area (Å²) in [5, 5.41) is 4.79. The van der Waals surface area contributed by atoms with Gasteiger partial charge in [-0.25, -0.2) is 0 Å². The first-order valence-corrected chi connectivity index (χ1v) is 18.6. The predicted octanol–water partition coefficient (Wildman–Crippen LogP) is 4.01. The van der Waals surface area contributed by atoms with Gasteiger partial charge >= 0.3 is 8.80 Å². The summed E-state index contributed by atoms with van der Waals surface area (Å²) in [4.78, 5) is 0. The Bertz CT molecular complexity index is 1000. The van der Waals surface area contributed by atoms with Crippen molar-refractivity contribution in [3.05, 3.63) is 121 Å². The van der Waals surface area contributed by atoms with Crippen LogP contribution in [0.3, 0.4) is 0 Å². The Hall–Kier alpha value is -2.59. The minimum atomic E-state index is -3.10. The van der Waals surface area contributed by atoms with Crippen molar-refractivity contribution in [1.82, 2.24) is 0 Å². The molecule has 0 aliphatic rings. The summed E-state index contributed by atoms with van der Waals surface area (Å²) in [6, 6.07) is 42.1. The van der Waals surface area contributed by atoms with Gasteiger partial charge in [0, 0.05) is 13.7 Å². The molecule has 0 fully saturated rings. The molecule has 174 valence electrons. The third-order valence-corrected chi connectivity index (χ3v) is 19.2. The van der Waals surface area contributed by atoms with Crippen molar-refractivity contribution in [3.8, 4) is 0 Å². The van der Waals surface area contributed by atoms with E-state index < -0.39 is 25.4 Å². The lowest BCUT2D eigenvalue weighted by molar-refractivity contribution is 0.213. The van der Waals surface area contributed by atoms with Gasteiger partial charge in [-0.15, -0.1) is 0 Å². The first-order valence-electron chi connectivity index (χ1n) is 11.6. The van der Waals surface area contributed by atoms with Crippen LogP contribution in [0.5, 0.6) is 0 Å². The molecule has 0 aliphatic carbocycles. The summed E-state index contributed by atoms with van der Waals surface area (Å²) >= 11 is 0. The van der Waals surface area contributed by atoms with E-state index in [1.54, 1.807) is 7.11 Å². The van der Waals surface area contributed by atoms with E-state index in [9.17, 15) is 0 Å². The zero-order valence-corrected chi connectivity index (χ0v) is 23.3. The number of hydrogen-bond acceptors (Lipinski definition) is 3. The molecule has 0 N–H and O–H groups in total. The lowest BCUT2D eigenvalue weighted by Crippen LogP contribution is -2.70. The van der Waals surface area contributed by atoms with Crippen LogP contribution in [0.2, 0.25) is 19.6 Å². The first-order chi connectivity index (χ1) is 16.4. The quantitative estimate of drug-likeness (QED) is 0.325. The molecule has 0 amide bonds. The van der Waals surface area contributed by atoms with Crippen LogP contribution in [-0.4, -0.2) is 32.5 Å². The van der Waals surface area contributed by atoms with Gasteiger partial charge < -0.3 is 12.7 Å². The molecule has 0 saturated carbocycles. The summed E-state index contributed by atoms with van der Waals surface area (Å²) in [6.45, 7) is 6.53. The normalized spacial score (nSPS) is 12.5. The molecule has 34 heavy (non-hydrogen) atoms. The highest BCUT2D eigenvalue weighted by Crippen LogP contribution is 2.22. The SMILES string of the molecule is CO[Si](C)(O[Si](C)(c1ccccc1)c1ccccc1)O[Si](C)(c1ccccc1)c1ccccc1. The van der Waals surface area contributed by atoms with Crippen molar-refractivity contribution >= 4 is 46.2 Å². The summed E-state index contributed by atoms with van der Waals surface area (Å²) in [7, 11) is -6.63. The van der Waals surface area contributed by atoms with Gasteiger partial charge in [0.1, 0.15) is 0 Å². The molecule has 0 aliphatic heterocycles. The lowest BCUT2D eigenvalue weighted by atomic mass is 10.4. The molecule has 6 heteroatoms. The molecular weight excluding hydrogens is 469 g/mol. The van der Waals surface area contributed by atoms with E-state index in [4.69, 9.17) is 12.7 Å². The molecule has 4 aromatic carbocycles. The van der Waals surface area contributed by atoms with E-state index in [2.05, 4.69) is 110 Å². The average molecular weight is 501 g/mol. The molecule has 4 rings (SSSR count). The van der Waals surface area contributed by atoms with Crippen molar-refractivity contribution in [1.29, 1.82) is 0 Å². The number of rotatable bonds is 9. The van der Waals surface area contributed by atoms with Crippen LogP contribution in [0.15, 0.2) is 121 Å². The molecule has 0 aromatic heterocycles. The summed E-state index contributed by atoms with van der Waals surface area (Å²) in [5.41, 5.74) is 0. The molecule has 0 radical (unpaired) electrons. The van der Waals surface area contributed by atoms with E-state index in [-0.39, 0.29) is 0 Å². The molecule has 0 bridgehead atoms. The zero-order chi connectivity index (χ0) is 24.1. The topological polar surface area (TPSA) is 27.7 Å². The smallest absolute Gasteiger partial charge is 0.408 e. The number of hydrogen-bond donors (Lipinski definition) is 0. The van der Waals surface area contributed by atoms with Crippen molar-refractivity contribution in [2.24, 2.45) is 0 Å². The first kappa shape index (κ1) is 24.5. The van der Waals surface area contributed by atoms with Crippen LogP contribution >= 0.6 is 0 Å². The molecule has 0 atom stereocenters. The fourth-order valence-corrected chi connectivity index (χ4v) is 17.4. The lowest BCUT2D eigenvalue weighted by Gasteiger charge is -2.41. The van der Waals surface area contributed by atoms with Gasteiger partial charge in [-0.05, 0) is 33.8 Å². The Morgan fingerprint density at radius 1 is 0.412 bits per heavy atom. The molecule has 4 aromatic rings. The minimum Gasteiger partial charge on any atom is -0.408 e. The van der Waals surface area contributed by atoms with Crippen LogP contribution in [0.4, 0.5) is 0 Å². The Kier molecular flexibility index (Phi) is 7.47. The maximum absolute atomic E-state index is 7.15. The van der Waals surface area contributed by atoms with Crippen molar-refractivity contribution < 1.29 is 12.7 Å². The van der Waals surface area contributed by atoms with E-state index in [1.165, 1.54) is 20.7 Å². The zero-order valence-electron chi connectivity index (χ0n) is 20.3. The van der Waals surface area contributed by atoms with Gasteiger partial charge in [0.05, 0.1) is 0 Å². The molecular formula is C28H32O3Si3. The Balaban J connectivity index is 1.79. The molecule has 0 heterocycles. The summed E-state index contributed by atoms with van der Waals surface area (Å²) < 4.78 is 20.5. The maximum atomic E-state index is 7.15. The fraction of sp³-hybridized carbons (Fsp3) is 0.143. The van der Waals surface area contributed by atoms with E-state index in [0.29, 0.717) is 0 Å². The third-order valence-electron chi connectivity index (χ3n) is 6.45. The second-order valence-electron chi connectivity index (χ2n) is 8.80. The van der Waals surface area contributed by atoms with Crippen molar-refractivity contribution in [2.75, 3.05) is 7.11 Å². The summed E-state index contributed by atoms with van der Waals surface area (Å²) in [5.74, 6) is 0. The van der Waals surface area contributed by atoms with Gasteiger partial charge in [-0.2, -0.15) is 0 Å². The second-order valence-corrected chi connectivity index (χ2v) is 19.0. The Morgan fingerprint density at radius 2 is 0.647 bits per heavy atom. The van der Waals surface area contributed by atoms with Gasteiger partial charge in [0.15, 0.2) is 0 Å². The van der Waals surface area contributed by atoms with Crippen LogP contribution in [0.1, 0.15) is 0 Å². The summed E-state index contributed by atoms with van der Waals surface area (Å²) in [6.07, 6.45) is 0. The highest BCUT2D eigenvalue weighted by molar-refractivity contribution is 7.04. The monoisotopic (exact) mass is 500 g/mol. The minimum absolute atomic E-state index is 1.20.